The average Bonchev–Trinajstić information content (AvgIpc) is 2.53. The summed E-state index contributed by atoms with van der Waals surface area (Å²) in [4.78, 5) is 39.3. The van der Waals surface area contributed by atoms with Crippen LogP contribution in [-0.4, -0.2) is 33.6 Å². The Balaban J connectivity index is 2.46. The molecule has 22 heavy (non-hydrogen) atoms. The van der Waals surface area contributed by atoms with Crippen molar-refractivity contribution in [2.75, 3.05) is 7.05 Å². The first-order chi connectivity index (χ1) is 10.5. The molecule has 0 unspecified atom stereocenters. The predicted octanol–water partition coefficient (Wildman–Crippen LogP) is 0.471. The maximum Gasteiger partial charge on any atom is 0.337 e. The lowest BCUT2D eigenvalue weighted by atomic mass is 10.1. The molecule has 2 aromatic heterocycles. The number of likely N-dealkylation sites (N-methyl/N-ethyl adjacent to an activating group) is 1. The number of carboxylic acids is 1. The monoisotopic (exact) mass is 301 g/mol. The van der Waals surface area contributed by atoms with Gasteiger partial charge >= 0.3 is 5.97 Å². The molecule has 1 amide bonds. The zero-order valence-corrected chi connectivity index (χ0v) is 11.9. The molecule has 0 fully saturated rings. The van der Waals surface area contributed by atoms with Gasteiger partial charge in [-0.2, -0.15) is 0 Å². The van der Waals surface area contributed by atoms with Gasteiger partial charge < -0.3 is 15.0 Å². The molecule has 2 heterocycles. The molecular weight excluding hydrogens is 286 g/mol. The highest BCUT2D eigenvalue weighted by molar-refractivity contribution is 5.87. The Morgan fingerprint density at radius 3 is 2.68 bits per heavy atom. The number of rotatable bonds is 5. The highest BCUT2D eigenvalue weighted by atomic mass is 16.4. The zero-order chi connectivity index (χ0) is 16.1. The molecule has 7 nitrogen and oxygen atoms in total. The molecule has 2 N–H and O–H groups in total. The molecule has 1 atom stereocenters. The van der Waals surface area contributed by atoms with Crippen molar-refractivity contribution in [2.45, 2.75) is 12.5 Å². The summed E-state index contributed by atoms with van der Waals surface area (Å²) < 4.78 is 1.12. The SMILES string of the molecule is CNC(=O)[C@@H](Cc1ccccn1)n1cc(C(=O)O)ccc1=O. The Hall–Kier alpha value is -2.96. The van der Waals surface area contributed by atoms with Crippen molar-refractivity contribution in [2.24, 2.45) is 0 Å². The van der Waals surface area contributed by atoms with E-state index < -0.39 is 23.5 Å². The van der Waals surface area contributed by atoms with Crippen LogP contribution < -0.4 is 10.9 Å². The maximum atomic E-state index is 12.1. The number of hydrogen-bond donors (Lipinski definition) is 2. The quantitative estimate of drug-likeness (QED) is 0.836. The molecule has 0 radical (unpaired) electrons. The third kappa shape index (κ3) is 3.38. The number of carbonyl (C=O) groups excluding carboxylic acids is 1. The third-order valence-corrected chi connectivity index (χ3v) is 3.20. The third-order valence-electron chi connectivity index (χ3n) is 3.20. The van der Waals surface area contributed by atoms with E-state index in [2.05, 4.69) is 10.3 Å². The van der Waals surface area contributed by atoms with Gasteiger partial charge in [0.1, 0.15) is 6.04 Å². The Bertz CT molecular complexity index is 740. The molecule has 0 aliphatic rings. The zero-order valence-electron chi connectivity index (χ0n) is 11.9. The molecule has 0 bridgehead atoms. The minimum Gasteiger partial charge on any atom is -0.478 e. The van der Waals surface area contributed by atoms with Gasteiger partial charge in [-0.05, 0) is 18.2 Å². The summed E-state index contributed by atoms with van der Waals surface area (Å²) in [6.07, 6.45) is 2.95. The Kier molecular flexibility index (Phi) is 4.67. The van der Waals surface area contributed by atoms with Crippen molar-refractivity contribution >= 4 is 11.9 Å². The van der Waals surface area contributed by atoms with E-state index in [9.17, 15) is 14.4 Å². The number of hydrogen-bond acceptors (Lipinski definition) is 4. The molecule has 2 aromatic rings. The first-order valence-electron chi connectivity index (χ1n) is 6.60. The van der Waals surface area contributed by atoms with Crippen LogP contribution in [-0.2, 0) is 11.2 Å². The van der Waals surface area contributed by atoms with Gasteiger partial charge in [0, 0.05) is 37.6 Å². The molecule has 2 rings (SSSR count). The Labute approximate surface area is 126 Å². The second kappa shape index (κ2) is 6.66. The van der Waals surface area contributed by atoms with Crippen LogP contribution in [0.2, 0.25) is 0 Å². The number of aromatic nitrogens is 2. The van der Waals surface area contributed by atoms with Crippen LogP contribution in [0.1, 0.15) is 22.1 Å². The Morgan fingerprint density at radius 1 is 1.32 bits per heavy atom. The lowest BCUT2D eigenvalue weighted by Crippen LogP contribution is -2.37. The highest BCUT2D eigenvalue weighted by Crippen LogP contribution is 2.12. The Morgan fingerprint density at radius 2 is 2.09 bits per heavy atom. The van der Waals surface area contributed by atoms with Gasteiger partial charge in [0.2, 0.25) is 5.91 Å². The van der Waals surface area contributed by atoms with Crippen LogP contribution in [0, 0.1) is 0 Å². The van der Waals surface area contributed by atoms with Gasteiger partial charge in [0.05, 0.1) is 5.56 Å². The molecule has 114 valence electrons. The van der Waals surface area contributed by atoms with Gasteiger partial charge in [-0.15, -0.1) is 0 Å². The summed E-state index contributed by atoms with van der Waals surface area (Å²) in [5.74, 6) is -1.56. The van der Waals surface area contributed by atoms with Crippen LogP contribution in [0.3, 0.4) is 0 Å². The number of aromatic carboxylic acids is 1. The molecule has 0 aliphatic heterocycles. The van der Waals surface area contributed by atoms with Gasteiger partial charge in [-0.3, -0.25) is 14.6 Å². The minimum atomic E-state index is -1.16. The van der Waals surface area contributed by atoms with E-state index in [1.54, 1.807) is 24.4 Å². The summed E-state index contributed by atoms with van der Waals surface area (Å²) in [6.45, 7) is 0. The van der Waals surface area contributed by atoms with E-state index in [1.807, 2.05) is 0 Å². The summed E-state index contributed by atoms with van der Waals surface area (Å²) in [5, 5.41) is 11.5. The molecule has 0 aliphatic carbocycles. The van der Waals surface area contributed by atoms with E-state index in [4.69, 9.17) is 5.11 Å². The highest BCUT2D eigenvalue weighted by Gasteiger charge is 2.22. The van der Waals surface area contributed by atoms with E-state index in [0.29, 0.717) is 5.69 Å². The van der Waals surface area contributed by atoms with E-state index in [1.165, 1.54) is 19.3 Å². The van der Waals surface area contributed by atoms with Crippen molar-refractivity contribution in [3.05, 3.63) is 64.3 Å². The lowest BCUT2D eigenvalue weighted by Gasteiger charge is -2.18. The van der Waals surface area contributed by atoms with Crippen LogP contribution in [0.25, 0.3) is 0 Å². The average molecular weight is 301 g/mol. The predicted molar refractivity (Wildman–Crippen MR) is 78.7 cm³/mol. The normalized spacial score (nSPS) is 11.7. The number of pyridine rings is 2. The van der Waals surface area contributed by atoms with Gasteiger partial charge in [0.25, 0.3) is 5.56 Å². The van der Waals surface area contributed by atoms with Crippen LogP contribution in [0.15, 0.2) is 47.5 Å². The van der Waals surface area contributed by atoms with Crippen LogP contribution >= 0.6 is 0 Å². The van der Waals surface area contributed by atoms with Crippen molar-refractivity contribution in [3.63, 3.8) is 0 Å². The second-order valence-electron chi connectivity index (χ2n) is 4.62. The number of carbonyl (C=O) groups is 2. The first-order valence-corrected chi connectivity index (χ1v) is 6.60. The lowest BCUT2D eigenvalue weighted by molar-refractivity contribution is -0.123. The molecule has 0 saturated carbocycles. The number of nitrogens with one attached hydrogen (secondary N) is 1. The molecule has 0 spiro atoms. The fourth-order valence-corrected chi connectivity index (χ4v) is 2.07. The summed E-state index contributed by atoms with van der Waals surface area (Å²) in [5.41, 5.74) is 0.118. The van der Waals surface area contributed by atoms with E-state index in [-0.39, 0.29) is 12.0 Å². The maximum absolute atomic E-state index is 12.1. The fourth-order valence-electron chi connectivity index (χ4n) is 2.07. The van der Waals surface area contributed by atoms with Gasteiger partial charge in [-0.1, -0.05) is 6.07 Å². The largest absolute Gasteiger partial charge is 0.478 e. The minimum absolute atomic E-state index is 0.0606. The fraction of sp³-hybridized carbons (Fsp3) is 0.200. The standard InChI is InChI=1S/C15H15N3O4/c1-16-14(20)12(8-11-4-2-3-7-17-11)18-9-10(15(21)22)5-6-13(18)19/h2-7,9,12H,8H2,1H3,(H,16,20)(H,21,22)/t12-/m1/s1. The number of carboxylic acid groups (broad SMARTS) is 1. The van der Waals surface area contributed by atoms with Crippen LogP contribution in [0.5, 0.6) is 0 Å². The second-order valence-corrected chi connectivity index (χ2v) is 4.62. The van der Waals surface area contributed by atoms with Crippen molar-refractivity contribution in [1.82, 2.24) is 14.9 Å². The smallest absolute Gasteiger partial charge is 0.337 e. The topological polar surface area (TPSA) is 101 Å². The van der Waals surface area contributed by atoms with Gasteiger partial charge in [-0.25, -0.2) is 4.79 Å². The molecular formula is C15H15N3O4. The summed E-state index contributed by atoms with van der Waals surface area (Å²) in [7, 11) is 1.46. The van der Waals surface area contributed by atoms with E-state index in [0.717, 1.165) is 10.6 Å². The molecule has 7 heteroatoms. The van der Waals surface area contributed by atoms with Crippen molar-refractivity contribution < 1.29 is 14.7 Å². The summed E-state index contributed by atoms with van der Waals surface area (Å²) >= 11 is 0. The van der Waals surface area contributed by atoms with Crippen molar-refractivity contribution in [1.29, 1.82) is 0 Å². The molecule has 0 aromatic carbocycles. The van der Waals surface area contributed by atoms with Gasteiger partial charge in [0.15, 0.2) is 0 Å². The summed E-state index contributed by atoms with van der Waals surface area (Å²) in [6, 6.07) is 6.74. The van der Waals surface area contributed by atoms with E-state index >= 15 is 0 Å². The number of amides is 1. The van der Waals surface area contributed by atoms with Crippen molar-refractivity contribution in [3.8, 4) is 0 Å². The first kappa shape index (κ1) is 15.4. The number of nitrogens with zero attached hydrogens (tertiary/aromatic N) is 2. The van der Waals surface area contributed by atoms with Crippen LogP contribution in [0.4, 0.5) is 0 Å². The molecule has 0 saturated heterocycles.